The minimum atomic E-state index is -4.45. The molecule has 1 rings (SSSR count). The van der Waals surface area contributed by atoms with Gasteiger partial charge in [0.25, 0.3) is 0 Å². The Labute approximate surface area is 123 Å². The zero-order valence-electron chi connectivity index (χ0n) is 12.7. The van der Waals surface area contributed by atoms with Gasteiger partial charge in [-0.05, 0) is 46.3 Å². The molecule has 0 fully saturated rings. The molecular formula is C14H23F3N4. The standard InChI is InChI=1S/C14H23F3N4/c1-10(2)21(3)7-5-4-6-19-12-8-13(14(15,16)17)20-9-11(12)18/h8-10H,4-7,18H2,1-3H3,(H,19,20). The number of rotatable bonds is 7. The Kier molecular flexibility index (Phi) is 6.26. The molecule has 0 atom stereocenters. The van der Waals surface area contributed by atoms with Crippen LogP contribution in [0.3, 0.4) is 0 Å². The van der Waals surface area contributed by atoms with E-state index in [0.29, 0.717) is 12.6 Å². The summed E-state index contributed by atoms with van der Waals surface area (Å²) in [5, 5.41) is 2.94. The summed E-state index contributed by atoms with van der Waals surface area (Å²) >= 11 is 0. The summed E-state index contributed by atoms with van der Waals surface area (Å²) in [6, 6.07) is 1.44. The highest BCUT2D eigenvalue weighted by Crippen LogP contribution is 2.30. The Morgan fingerprint density at radius 3 is 2.57 bits per heavy atom. The summed E-state index contributed by atoms with van der Waals surface area (Å²) in [7, 11) is 2.05. The van der Waals surface area contributed by atoms with Crippen LogP contribution in [0.2, 0.25) is 0 Å². The number of nitrogens with two attached hydrogens (primary N) is 1. The number of nitrogens with one attached hydrogen (secondary N) is 1. The molecule has 3 N–H and O–H groups in total. The molecule has 0 radical (unpaired) electrons. The van der Waals surface area contributed by atoms with E-state index in [4.69, 9.17) is 5.73 Å². The number of hydrogen-bond acceptors (Lipinski definition) is 4. The smallest absolute Gasteiger partial charge is 0.396 e. The van der Waals surface area contributed by atoms with Crippen molar-refractivity contribution in [3.05, 3.63) is 18.0 Å². The summed E-state index contributed by atoms with van der Waals surface area (Å²) in [5.74, 6) is 0. The second kappa shape index (κ2) is 7.49. The van der Waals surface area contributed by atoms with E-state index in [1.807, 2.05) is 0 Å². The molecule has 21 heavy (non-hydrogen) atoms. The normalized spacial score (nSPS) is 12.2. The SMILES string of the molecule is CC(C)N(C)CCCCNc1cc(C(F)(F)F)ncc1N. The van der Waals surface area contributed by atoms with E-state index in [0.717, 1.165) is 31.6 Å². The number of alkyl halides is 3. The fourth-order valence-corrected chi connectivity index (χ4v) is 1.74. The largest absolute Gasteiger partial charge is 0.433 e. The lowest BCUT2D eigenvalue weighted by Gasteiger charge is -2.20. The Morgan fingerprint density at radius 1 is 1.33 bits per heavy atom. The maximum Gasteiger partial charge on any atom is 0.433 e. The Bertz CT molecular complexity index is 446. The molecule has 0 aliphatic heterocycles. The van der Waals surface area contributed by atoms with Crippen molar-refractivity contribution in [1.82, 2.24) is 9.88 Å². The van der Waals surface area contributed by atoms with E-state index >= 15 is 0 Å². The lowest BCUT2D eigenvalue weighted by Crippen LogP contribution is -2.27. The van der Waals surface area contributed by atoms with Crippen molar-refractivity contribution < 1.29 is 13.2 Å². The van der Waals surface area contributed by atoms with E-state index in [-0.39, 0.29) is 11.4 Å². The maximum absolute atomic E-state index is 12.6. The average molecular weight is 304 g/mol. The fraction of sp³-hybridized carbons (Fsp3) is 0.643. The van der Waals surface area contributed by atoms with Crippen molar-refractivity contribution in [2.45, 2.75) is 38.9 Å². The van der Waals surface area contributed by atoms with Crippen molar-refractivity contribution in [3.63, 3.8) is 0 Å². The van der Waals surface area contributed by atoms with Crippen LogP contribution in [-0.4, -0.2) is 36.1 Å². The second-order valence-electron chi connectivity index (χ2n) is 5.36. The third-order valence-corrected chi connectivity index (χ3v) is 3.36. The first kappa shape index (κ1) is 17.6. The Balaban J connectivity index is 2.45. The number of unbranched alkanes of at least 4 members (excludes halogenated alkanes) is 1. The summed E-state index contributed by atoms with van der Waals surface area (Å²) in [6.07, 6.45) is -1.58. The van der Waals surface area contributed by atoms with Gasteiger partial charge in [0.05, 0.1) is 17.6 Å². The summed E-state index contributed by atoms with van der Waals surface area (Å²) in [6.45, 7) is 5.78. The molecule has 0 aromatic carbocycles. The molecule has 0 amide bonds. The van der Waals surface area contributed by atoms with Gasteiger partial charge in [-0.2, -0.15) is 13.2 Å². The number of hydrogen-bond donors (Lipinski definition) is 2. The van der Waals surface area contributed by atoms with Crippen molar-refractivity contribution in [2.75, 3.05) is 31.2 Å². The second-order valence-corrected chi connectivity index (χ2v) is 5.36. The molecule has 1 heterocycles. The zero-order chi connectivity index (χ0) is 16.0. The Hall–Kier alpha value is -1.50. The van der Waals surface area contributed by atoms with Crippen molar-refractivity contribution in [1.29, 1.82) is 0 Å². The van der Waals surface area contributed by atoms with E-state index in [9.17, 15) is 13.2 Å². The number of halogens is 3. The van der Waals surface area contributed by atoms with E-state index in [1.165, 1.54) is 0 Å². The summed E-state index contributed by atoms with van der Waals surface area (Å²) in [5.41, 5.74) is 5.21. The predicted molar refractivity (Wildman–Crippen MR) is 79.1 cm³/mol. The van der Waals surface area contributed by atoms with Crippen LogP contribution in [-0.2, 0) is 6.18 Å². The van der Waals surface area contributed by atoms with Crippen LogP contribution in [0.15, 0.2) is 12.3 Å². The molecule has 0 bridgehead atoms. The third kappa shape index (κ3) is 5.79. The monoisotopic (exact) mass is 304 g/mol. The first-order chi connectivity index (χ1) is 9.71. The van der Waals surface area contributed by atoms with Crippen molar-refractivity contribution in [2.24, 2.45) is 0 Å². The van der Waals surface area contributed by atoms with Crippen LogP contribution in [0.1, 0.15) is 32.4 Å². The molecule has 0 spiro atoms. The number of nitrogen functional groups attached to an aromatic ring is 1. The van der Waals surface area contributed by atoms with E-state index in [2.05, 4.69) is 36.1 Å². The molecule has 0 saturated carbocycles. The van der Waals surface area contributed by atoms with E-state index < -0.39 is 11.9 Å². The average Bonchev–Trinajstić information content (AvgIpc) is 2.38. The predicted octanol–water partition coefficient (Wildman–Crippen LogP) is 3.21. The van der Waals surface area contributed by atoms with Gasteiger partial charge in [-0.15, -0.1) is 0 Å². The van der Waals surface area contributed by atoms with Gasteiger partial charge < -0.3 is 16.0 Å². The number of aromatic nitrogens is 1. The van der Waals surface area contributed by atoms with Gasteiger partial charge >= 0.3 is 6.18 Å². The lowest BCUT2D eigenvalue weighted by molar-refractivity contribution is -0.141. The molecule has 1 aromatic rings. The Morgan fingerprint density at radius 2 is 2.00 bits per heavy atom. The van der Waals surface area contributed by atoms with Crippen LogP contribution in [0.5, 0.6) is 0 Å². The highest BCUT2D eigenvalue weighted by Gasteiger charge is 2.32. The molecule has 7 heteroatoms. The molecule has 1 aromatic heterocycles. The molecule has 120 valence electrons. The van der Waals surface area contributed by atoms with Gasteiger partial charge in [0.2, 0.25) is 0 Å². The molecule has 0 aliphatic rings. The number of nitrogens with zero attached hydrogens (tertiary/aromatic N) is 2. The minimum absolute atomic E-state index is 0.224. The zero-order valence-corrected chi connectivity index (χ0v) is 12.7. The molecule has 4 nitrogen and oxygen atoms in total. The first-order valence-corrected chi connectivity index (χ1v) is 6.98. The van der Waals surface area contributed by atoms with Crippen LogP contribution >= 0.6 is 0 Å². The van der Waals surface area contributed by atoms with Crippen LogP contribution in [0.4, 0.5) is 24.5 Å². The maximum atomic E-state index is 12.6. The summed E-state index contributed by atoms with van der Waals surface area (Å²) in [4.78, 5) is 5.53. The minimum Gasteiger partial charge on any atom is -0.396 e. The first-order valence-electron chi connectivity index (χ1n) is 6.98. The molecule has 0 aliphatic carbocycles. The van der Waals surface area contributed by atoms with Crippen LogP contribution < -0.4 is 11.1 Å². The number of anilines is 2. The van der Waals surface area contributed by atoms with Gasteiger partial charge in [0.15, 0.2) is 0 Å². The lowest BCUT2D eigenvalue weighted by atomic mass is 10.2. The highest BCUT2D eigenvalue weighted by molar-refractivity contribution is 5.65. The molecular weight excluding hydrogens is 281 g/mol. The van der Waals surface area contributed by atoms with Crippen molar-refractivity contribution in [3.8, 4) is 0 Å². The van der Waals surface area contributed by atoms with Gasteiger partial charge in [0, 0.05) is 12.6 Å². The molecule has 0 saturated heterocycles. The van der Waals surface area contributed by atoms with E-state index in [1.54, 1.807) is 0 Å². The van der Waals surface area contributed by atoms with Gasteiger partial charge in [0.1, 0.15) is 5.69 Å². The third-order valence-electron chi connectivity index (χ3n) is 3.36. The van der Waals surface area contributed by atoms with Gasteiger partial charge in [-0.1, -0.05) is 0 Å². The quantitative estimate of drug-likeness (QED) is 0.760. The van der Waals surface area contributed by atoms with Crippen molar-refractivity contribution >= 4 is 11.4 Å². The molecule has 0 unspecified atom stereocenters. The van der Waals surface area contributed by atoms with Gasteiger partial charge in [-0.3, -0.25) is 0 Å². The van der Waals surface area contributed by atoms with Crippen LogP contribution in [0, 0.1) is 0 Å². The summed E-state index contributed by atoms with van der Waals surface area (Å²) < 4.78 is 37.7. The fourth-order valence-electron chi connectivity index (χ4n) is 1.74. The van der Waals surface area contributed by atoms with Gasteiger partial charge in [-0.25, -0.2) is 4.98 Å². The highest BCUT2D eigenvalue weighted by atomic mass is 19.4. The number of pyridine rings is 1. The topological polar surface area (TPSA) is 54.2 Å². The van der Waals surface area contributed by atoms with Crippen LogP contribution in [0.25, 0.3) is 0 Å².